The Morgan fingerprint density at radius 1 is 1.25 bits per heavy atom. The van der Waals surface area contributed by atoms with E-state index >= 15 is 0 Å². The summed E-state index contributed by atoms with van der Waals surface area (Å²) in [7, 11) is 2.10. The molecule has 0 unspecified atom stereocenters. The molecule has 5 nitrogen and oxygen atoms in total. The number of hydrogen-bond donors (Lipinski definition) is 2. The Kier molecular flexibility index (Phi) is 5.68. The lowest BCUT2D eigenvalue weighted by atomic mass is 9.99. The van der Waals surface area contributed by atoms with Gasteiger partial charge in [0.25, 0.3) is 0 Å². The fraction of sp³-hybridized carbons (Fsp3) is 0.611. The third-order valence-electron chi connectivity index (χ3n) is 4.91. The molecule has 2 atom stereocenters. The highest BCUT2D eigenvalue weighted by molar-refractivity contribution is 5.75. The van der Waals surface area contributed by atoms with E-state index in [2.05, 4.69) is 22.6 Å². The molecule has 0 radical (unpaired) electrons. The van der Waals surface area contributed by atoms with Crippen molar-refractivity contribution in [3.63, 3.8) is 0 Å². The Morgan fingerprint density at radius 3 is 2.58 bits per heavy atom. The Hall–Kier alpha value is -1.66. The minimum absolute atomic E-state index is 0.0568. The van der Waals surface area contributed by atoms with E-state index in [1.807, 2.05) is 0 Å². The largest absolute Gasteiger partial charge is 0.376 e. The molecule has 2 heterocycles. The number of benzene rings is 1. The highest BCUT2D eigenvalue weighted by Gasteiger charge is 2.29. The second-order valence-electron chi connectivity index (χ2n) is 6.78. The van der Waals surface area contributed by atoms with Gasteiger partial charge in [-0.15, -0.1) is 0 Å². The van der Waals surface area contributed by atoms with Crippen molar-refractivity contribution in [3.8, 4) is 0 Å². The number of nitrogens with one attached hydrogen (secondary N) is 2. The zero-order valence-corrected chi connectivity index (χ0v) is 14.1. The highest BCUT2D eigenvalue weighted by Crippen LogP contribution is 2.27. The van der Waals surface area contributed by atoms with Crippen LogP contribution in [-0.4, -0.2) is 49.8 Å². The molecule has 2 saturated heterocycles. The molecule has 132 valence electrons. The van der Waals surface area contributed by atoms with Gasteiger partial charge in [0.15, 0.2) is 0 Å². The molecule has 1 aromatic rings. The Labute approximate surface area is 142 Å². The fourth-order valence-corrected chi connectivity index (χ4v) is 3.45. The predicted octanol–water partition coefficient (Wildman–Crippen LogP) is 2.44. The smallest absolute Gasteiger partial charge is 0.315 e. The van der Waals surface area contributed by atoms with Gasteiger partial charge in [0, 0.05) is 12.6 Å². The van der Waals surface area contributed by atoms with E-state index in [0.717, 1.165) is 44.3 Å². The molecule has 1 aromatic carbocycles. The number of likely N-dealkylation sites (tertiary alicyclic amines) is 1. The third kappa shape index (κ3) is 4.45. The van der Waals surface area contributed by atoms with Crippen molar-refractivity contribution in [1.82, 2.24) is 15.5 Å². The molecule has 6 heteroatoms. The van der Waals surface area contributed by atoms with Crippen molar-refractivity contribution in [1.29, 1.82) is 0 Å². The summed E-state index contributed by atoms with van der Waals surface area (Å²) >= 11 is 0. The van der Waals surface area contributed by atoms with Crippen LogP contribution in [0.5, 0.6) is 0 Å². The zero-order valence-electron chi connectivity index (χ0n) is 14.1. The molecule has 24 heavy (non-hydrogen) atoms. The van der Waals surface area contributed by atoms with E-state index in [4.69, 9.17) is 4.74 Å². The van der Waals surface area contributed by atoms with E-state index in [9.17, 15) is 9.18 Å². The van der Waals surface area contributed by atoms with Crippen molar-refractivity contribution in [2.24, 2.45) is 0 Å². The van der Waals surface area contributed by atoms with Crippen LogP contribution in [0, 0.1) is 5.82 Å². The van der Waals surface area contributed by atoms with Crippen molar-refractivity contribution in [2.75, 3.05) is 26.7 Å². The lowest BCUT2D eigenvalue weighted by Gasteiger charge is -2.31. The summed E-state index contributed by atoms with van der Waals surface area (Å²) in [6, 6.07) is 6.07. The third-order valence-corrected chi connectivity index (χ3v) is 4.91. The highest BCUT2D eigenvalue weighted by atomic mass is 19.1. The van der Waals surface area contributed by atoms with Crippen LogP contribution in [0.25, 0.3) is 0 Å². The lowest BCUT2D eigenvalue weighted by molar-refractivity contribution is 0.0803. The SMILES string of the molecule is CN1CCC(NC(=O)N[C@@H](c2ccc(F)cc2)[C@H]2CCCO2)CC1. The number of halogens is 1. The topological polar surface area (TPSA) is 53.6 Å². The number of rotatable bonds is 4. The molecule has 2 aliphatic heterocycles. The average molecular weight is 335 g/mol. The summed E-state index contributed by atoms with van der Waals surface area (Å²) in [5.41, 5.74) is 0.877. The quantitative estimate of drug-likeness (QED) is 0.889. The van der Waals surface area contributed by atoms with Gasteiger partial charge in [0.1, 0.15) is 5.82 Å². The maximum Gasteiger partial charge on any atom is 0.315 e. The molecule has 2 amide bonds. The van der Waals surface area contributed by atoms with E-state index in [1.165, 1.54) is 12.1 Å². The first-order valence-electron chi connectivity index (χ1n) is 8.74. The number of carbonyl (C=O) groups excluding carboxylic acids is 1. The second kappa shape index (κ2) is 7.94. The summed E-state index contributed by atoms with van der Waals surface area (Å²) in [6.07, 6.45) is 3.76. The maximum atomic E-state index is 13.2. The summed E-state index contributed by atoms with van der Waals surface area (Å²) in [5, 5.41) is 6.11. The molecular formula is C18H26FN3O2. The van der Waals surface area contributed by atoms with Gasteiger partial charge >= 0.3 is 6.03 Å². The van der Waals surface area contributed by atoms with Crippen molar-refractivity contribution in [3.05, 3.63) is 35.6 Å². The first-order valence-corrected chi connectivity index (χ1v) is 8.74. The molecule has 2 fully saturated rings. The number of amides is 2. The first-order chi connectivity index (χ1) is 11.6. The van der Waals surface area contributed by atoms with Crippen LogP contribution in [0.2, 0.25) is 0 Å². The minimum Gasteiger partial charge on any atom is -0.376 e. The normalized spacial score (nSPS) is 23.8. The monoisotopic (exact) mass is 335 g/mol. The van der Waals surface area contributed by atoms with E-state index in [-0.39, 0.29) is 30.0 Å². The summed E-state index contributed by atoms with van der Waals surface area (Å²) in [5.74, 6) is -0.277. The first kappa shape index (κ1) is 17.2. The van der Waals surface area contributed by atoms with Gasteiger partial charge in [0.05, 0.1) is 12.1 Å². The van der Waals surface area contributed by atoms with Gasteiger partial charge in [-0.3, -0.25) is 0 Å². The van der Waals surface area contributed by atoms with Gasteiger partial charge in [-0.25, -0.2) is 9.18 Å². The van der Waals surface area contributed by atoms with Crippen LogP contribution >= 0.6 is 0 Å². The Balaban J connectivity index is 1.62. The zero-order chi connectivity index (χ0) is 16.9. The Morgan fingerprint density at radius 2 is 1.96 bits per heavy atom. The lowest BCUT2D eigenvalue weighted by Crippen LogP contribution is -2.49. The summed E-state index contributed by atoms with van der Waals surface area (Å²) < 4.78 is 19.0. The van der Waals surface area contributed by atoms with Crippen LogP contribution in [-0.2, 0) is 4.74 Å². The molecule has 0 bridgehead atoms. The second-order valence-corrected chi connectivity index (χ2v) is 6.78. The molecule has 2 aliphatic rings. The number of piperidine rings is 1. The van der Waals surface area contributed by atoms with E-state index in [1.54, 1.807) is 12.1 Å². The molecular weight excluding hydrogens is 309 g/mol. The maximum absolute atomic E-state index is 13.2. The predicted molar refractivity (Wildman–Crippen MR) is 90.3 cm³/mol. The van der Waals surface area contributed by atoms with Gasteiger partial charge in [0.2, 0.25) is 0 Å². The Bertz CT molecular complexity index is 538. The van der Waals surface area contributed by atoms with E-state index in [0.29, 0.717) is 6.61 Å². The number of carbonyl (C=O) groups is 1. The number of nitrogens with zero attached hydrogens (tertiary/aromatic N) is 1. The molecule has 3 rings (SSSR count). The summed E-state index contributed by atoms with van der Waals surface area (Å²) in [4.78, 5) is 14.7. The molecule has 0 spiro atoms. The van der Waals surface area contributed by atoms with Crippen molar-refractivity contribution >= 4 is 6.03 Å². The van der Waals surface area contributed by atoms with Gasteiger partial charge in [-0.1, -0.05) is 12.1 Å². The van der Waals surface area contributed by atoms with Crippen LogP contribution in [0.3, 0.4) is 0 Å². The molecule has 0 aromatic heterocycles. The molecule has 0 saturated carbocycles. The van der Waals surface area contributed by atoms with Gasteiger partial charge in [-0.2, -0.15) is 0 Å². The van der Waals surface area contributed by atoms with Crippen molar-refractivity contribution in [2.45, 2.75) is 43.9 Å². The van der Waals surface area contributed by atoms with Gasteiger partial charge < -0.3 is 20.3 Å². The number of ether oxygens (including phenoxy) is 1. The minimum atomic E-state index is -0.277. The van der Waals surface area contributed by atoms with Crippen LogP contribution in [0.1, 0.15) is 37.3 Å². The fourth-order valence-electron chi connectivity index (χ4n) is 3.45. The van der Waals surface area contributed by atoms with Gasteiger partial charge in [-0.05, 0) is 63.5 Å². The standard InChI is InChI=1S/C18H26FN3O2/c1-22-10-8-15(9-11-22)20-18(23)21-17(16-3-2-12-24-16)13-4-6-14(19)7-5-13/h4-7,15-17H,2-3,8-12H2,1H3,(H2,20,21,23)/t16-,17+/m1/s1. The van der Waals surface area contributed by atoms with Crippen LogP contribution in [0.15, 0.2) is 24.3 Å². The number of urea groups is 1. The van der Waals surface area contributed by atoms with Crippen LogP contribution < -0.4 is 10.6 Å². The molecule has 0 aliphatic carbocycles. The van der Waals surface area contributed by atoms with E-state index < -0.39 is 0 Å². The van der Waals surface area contributed by atoms with Crippen molar-refractivity contribution < 1.29 is 13.9 Å². The number of hydrogen-bond acceptors (Lipinski definition) is 3. The molecule has 2 N–H and O–H groups in total. The average Bonchev–Trinajstić information content (AvgIpc) is 3.10. The van der Waals surface area contributed by atoms with Crippen LogP contribution in [0.4, 0.5) is 9.18 Å². The summed E-state index contributed by atoms with van der Waals surface area (Å²) in [6.45, 7) is 2.71.